The number of anilines is 2. The van der Waals surface area contributed by atoms with Crippen molar-refractivity contribution < 1.29 is 19.1 Å². The molecule has 27 heavy (non-hydrogen) atoms. The SMILES string of the molecule is Cc1cccc(NC(=O)COC(=O)CCCC(=O)Nc2cccc(Cl)c2)c1. The fourth-order valence-corrected chi connectivity index (χ4v) is 2.51. The molecule has 142 valence electrons. The van der Waals surface area contributed by atoms with Crippen molar-refractivity contribution in [1.82, 2.24) is 0 Å². The van der Waals surface area contributed by atoms with Crippen LogP contribution in [0, 0.1) is 6.92 Å². The van der Waals surface area contributed by atoms with E-state index in [4.69, 9.17) is 16.3 Å². The van der Waals surface area contributed by atoms with Gasteiger partial charge in [0.1, 0.15) is 0 Å². The molecule has 2 rings (SSSR count). The van der Waals surface area contributed by atoms with E-state index in [0.717, 1.165) is 5.56 Å². The van der Waals surface area contributed by atoms with Crippen LogP contribution in [-0.2, 0) is 19.1 Å². The van der Waals surface area contributed by atoms with Gasteiger partial charge in [0.2, 0.25) is 5.91 Å². The molecule has 7 heteroatoms. The highest BCUT2D eigenvalue weighted by Crippen LogP contribution is 2.15. The highest BCUT2D eigenvalue weighted by molar-refractivity contribution is 6.30. The summed E-state index contributed by atoms with van der Waals surface area (Å²) in [6.45, 7) is 1.56. The second kappa shape index (κ2) is 10.3. The van der Waals surface area contributed by atoms with Crippen LogP contribution in [0.5, 0.6) is 0 Å². The highest BCUT2D eigenvalue weighted by Gasteiger charge is 2.10. The Hall–Kier alpha value is -2.86. The van der Waals surface area contributed by atoms with Gasteiger partial charge in [-0.25, -0.2) is 0 Å². The molecule has 6 nitrogen and oxygen atoms in total. The van der Waals surface area contributed by atoms with Crippen LogP contribution in [0.1, 0.15) is 24.8 Å². The molecule has 0 aliphatic rings. The van der Waals surface area contributed by atoms with Gasteiger partial charge in [0.25, 0.3) is 5.91 Å². The molecule has 0 aliphatic heterocycles. The Balaban J connectivity index is 1.63. The maximum atomic E-state index is 11.8. The van der Waals surface area contributed by atoms with E-state index in [-0.39, 0.29) is 25.4 Å². The standard InChI is InChI=1S/C20H21ClN2O4/c1-14-5-2-7-16(11-14)23-19(25)13-27-20(26)10-4-9-18(24)22-17-8-3-6-15(21)12-17/h2-3,5-8,11-12H,4,9-10,13H2,1H3,(H,22,24)(H,23,25). The summed E-state index contributed by atoms with van der Waals surface area (Å²) in [6.07, 6.45) is 0.544. The molecule has 0 bridgehead atoms. The molecule has 2 N–H and O–H groups in total. The number of carbonyl (C=O) groups is 3. The molecule has 0 unspecified atom stereocenters. The minimum atomic E-state index is -0.523. The van der Waals surface area contributed by atoms with Crippen LogP contribution >= 0.6 is 11.6 Å². The van der Waals surface area contributed by atoms with E-state index >= 15 is 0 Å². The molecule has 2 amide bonds. The van der Waals surface area contributed by atoms with Gasteiger partial charge in [-0.05, 0) is 49.2 Å². The van der Waals surface area contributed by atoms with Crippen molar-refractivity contribution in [3.63, 3.8) is 0 Å². The zero-order valence-corrected chi connectivity index (χ0v) is 15.7. The smallest absolute Gasteiger partial charge is 0.306 e. The first kappa shape index (κ1) is 20.5. The second-order valence-corrected chi connectivity index (χ2v) is 6.43. The third-order valence-electron chi connectivity index (χ3n) is 3.56. The Labute approximate surface area is 162 Å². The lowest BCUT2D eigenvalue weighted by Crippen LogP contribution is -2.21. The minimum absolute atomic E-state index is 0.0562. The van der Waals surface area contributed by atoms with Gasteiger partial charge in [0.05, 0.1) is 0 Å². The molecule has 2 aromatic rings. The van der Waals surface area contributed by atoms with E-state index in [1.807, 2.05) is 25.1 Å². The maximum absolute atomic E-state index is 11.8. The molecule has 0 fully saturated rings. The average Bonchev–Trinajstić information content (AvgIpc) is 2.60. The fraction of sp³-hybridized carbons (Fsp3) is 0.250. The Morgan fingerprint density at radius 3 is 2.30 bits per heavy atom. The number of hydrogen-bond acceptors (Lipinski definition) is 4. The van der Waals surface area contributed by atoms with Crippen LogP contribution in [0.4, 0.5) is 11.4 Å². The average molecular weight is 389 g/mol. The van der Waals surface area contributed by atoms with E-state index in [0.29, 0.717) is 22.8 Å². The number of esters is 1. The van der Waals surface area contributed by atoms with Gasteiger partial charge in [-0.2, -0.15) is 0 Å². The quantitative estimate of drug-likeness (QED) is 0.671. The van der Waals surface area contributed by atoms with Crippen LogP contribution in [0.15, 0.2) is 48.5 Å². The van der Waals surface area contributed by atoms with Crippen LogP contribution in [0.25, 0.3) is 0 Å². The summed E-state index contributed by atoms with van der Waals surface area (Å²) in [7, 11) is 0. The van der Waals surface area contributed by atoms with Crippen molar-refractivity contribution in [2.24, 2.45) is 0 Å². The summed E-state index contributed by atoms with van der Waals surface area (Å²) < 4.78 is 4.92. The number of hydrogen-bond donors (Lipinski definition) is 2. The zero-order chi connectivity index (χ0) is 19.6. The van der Waals surface area contributed by atoms with E-state index < -0.39 is 11.9 Å². The number of aryl methyl sites for hydroxylation is 1. The molecule has 0 atom stereocenters. The van der Waals surface area contributed by atoms with Crippen molar-refractivity contribution >= 4 is 40.8 Å². The van der Waals surface area contributed by atoms with Gasteiger partial charge in [-0.1, -0.05) is 29.8 Å². The van der Waals surface area contributed by atoms with E-state index in [1.54, 1.807) is 30.3 Å². The summed E-state index contributed by atoms with van der Waals surface area (Å²) in [5.41, 5.74) is 2.26. The van der Waals surface area contributed by atoms with Gasteiger partial charge in [0, 0.05) is 29.2 Å². The molecule has 0 spiro atoms. The third-order valence-corrected chi connectivity index (χ3v) is 3.79. The first-order valence-corrected chi connectivity index (χ1v) is 8.88. The molecule has 0 aromatic heterocycles. The van der Waals surface area contributed by atoms with Crippen molar-refractivity contribution in [1.29, 1.82) is 0 Å². The highest BCUT2D eigenvalue weighted by atomic mass is 35.5. The number of ether oxygens (including phenoxy) is 1. The topological polar surface area (TPSA) is 84.5 Å². The minimum Gasteiger partial charge on any atom is -0.456 e. The number of halogens is 1. The number of rotatable bonds is 8. The Morgan fingerprint density at radius 2 is 1.59 bits per heavy atom. The summed E-state index contributed by atoms with van der Waals surface area (Å²) in [6, 6.07) is 14.1. The third kappa shape index (κ3) is 7.92. The molecular weight excluding hydrogens is 368 g/mol. The number of nitrogens with one attached hydrogen (secondary N) is 2. The van der Waals surface area contributed by atoms with Crippen molar-refractivity contribution in [3.8, 4) is 0 Å². The summed E-state index contributed by atoms with van der Waals surface area (Å²) >= 11 is 5.85. The van der Waals surface area contributed by atoms with Crippen LogP contribution in [0.2, 0.25) is 5.02 Å². The molecular formula is C20H21ClN2O4. The maximum Gasteiger partial charge on any atom is 0.306 e. The Morgan fingerprint density at radius 1 is 0.926 bits per heavy atom. The zero-order valence-electron chi connectivity index (χ0n) is 15.0. The van der Waals surface area contributed by atoms with Gasteiger partial charge in [-0.3, -0.25) is 14.4 Å². The van der Waals surface area contributed by atoms with E-state index in [9.17, 15) is 14.4 Å². The first-order chi connectivity index (χ1) is 12.9. The molecule has 0 saturated heterocycles. The molecule has 0 radical (unpaired) electrons. The first-order valence-electron chi connectivity index (χ1n) is 8.50. The largest absolute Gasteiger partial charge is 0.456 e. The Bertz CT molecular complexity index is 823. The van der Waals surface area contributed by atoms with Crippen molar-refractivity contribution in [3.05, 3.63) is 59.1 Å². The van der Waals surface area contributed by atoms with Gasteiger partial charge >= 0.3 is 5.97 Å². The summed E-state index contributed by atoms with van der Waals surface area (Å²) in [4.78, 5) is 35.3. The van der Waals surface area contributed by atoms with Crippen LogP contribution < -0.4 is 10.6 Å². The summed E-state index contributed by atoms with van der Waals surface area (Å²) in [5, 5.41) is 5.88. The fourth-order valence-electron chi connectivity index (χ4n) is 2.32. The van der Waals surface area contributed by atoms with Crippen molar-refractivity contribution in [2.45, 2.75) is 26.2 Å². The summed E-state index contributed by atoms with van der Waals surface area (Å²) in [5.74, 6) is -1.15. The van der Waals surface area contributed by atoms with Crippen LogP contribution in [0.3, 0.4) is 0 Å². The predicted octanol–water partition coefficient (Wildman–Crippen LogP) is 3.94. The number of carbonyl (C=O) groups excluding carboxylic acids is 3. The number of benzene rings is 2. The van der Waals surface area contributed by atoms with E-state index in [1.165, 1.54) is 0 Å². The van der Waals surface area contributed by atoms with Crippen LogP contribution in [-0.4, -0.2) is 24.4 Å². The van der Waals surface area contributed by atoms with Gasteiger partial charge < -0.3 is 15.4 Å². The van der Waals surface area contributed by atoms with E-state index in [2.05, 4.69) is 10.6 Å². The number of amides is 2. The van der Waals surface area contributed by atoms with Gasteiger partial charge in [-0.15, -0.1) is 0 Å². The molecule has 0 aliphatic carbocycles. The molecule has 0 heterocycles. The second-order valence-electron chi connectivity index (χ2n) is 5.99. The molecule has 2 aromatic carbocycles. The lowest BCUT2D eigenvalue weighted by molar-refractivity contribution is -0.147. The Kier molecular flexibility index (Phi) is 7.82. The monoisotopic (exact) mass is 388 g/mol. The lowest BCUT2D eigenvalue weighted by Gasteiger charge is -2.08. The van der Waals surface area contributed by atoms with Crippen molar-refractivity contribution in [2.75, 3.05) is 17.2 Å². The molecule has 0 saturated carbocycles. The van der Waals surface area contributed by atoms with Gasteiger partial charge in [0.15, 0.2) is 6.61 Å². The predicted molar refractivity (Wildman–Crippen MR) is 105 cm³/mol. The lowest BCUT2D eigenvalue weighted by atomic mass is 10.2. The normalized spacial score (nSPS) is 10.1.